The number of hydrogen-bond acceptors (Lipinski definition) is 5. The average Bonchev–Trinajstić information content (AvgIpc) is 3.42. The van der Waals surface area contributed by atoms with E-state index in [1.165, 1.54) is 7.11 Å². The van der Waals surface area contributed by atoms with Crippen molar-refractivity contribution in [3.63, 3.8) is 0 Å². The van der Waals surface area contributed by atoms with E-state index in [0.717, 1.165) is 22.8 Å². The van der Waals surface area contributed by atoms with Crippen LogP contribution in [0.4, 0.5) is 0 Å². The van der Waals surface area contributed by atoms with Gasteiger partial charge in [-0.25, -0.2) is 0 Å². The second-order valence-electron chi connectivity index (χ2n) is 7.15. The highest BCUT2D eigenvalue weighted by Gasteiger charge is 2.41. The Morgan fingerprint density at radius 2 is 1.94 bits per heavy atom. The van der Waals surface area contributed by atoms with Gasteiger partial charge in [0.05, 0.1) is 38.4 Å². The van der Waals surface area contributed by atoms with Crippen LogP contribution < -0.4 is 10.1 Å². The highest BCUT2D eigenvalue weighted by Crippen LogP contribution is 2.39. The maximum absolute atomic E-state index is 11.8. The van der Waals surface area contributed by atoms with Crippen molar-refractivity contribution in [3.05, 3.63) is 78.4 Å². The van der Waals surface area contributed by atoms with Crippen molar-refractivity contribution in [3.8, 4) is 11.4 Å². The molecule has 0 spiro atoms. The molecule has 1 saturated heterocycles. The van der Waals surface area contributed by atoms with Gasteiger partial charge in [-0.2, -0.15) is 0 Å². The SMILES string of the molecule is COC(=O)CCN1C(=S)N[C@@H](c2ccccn2)[C@H]1c1cccn1-c1ccc(OC)cc1. The Balaban J connectivity index is 1.74. The van der Waals surface area contributed by atoms with Crippen molar-refractivity contribution in [2.45, 2.75) is 18.5 Å². The first-order valence-corrected chi connectivity index (χ1v) is 10.4. The molecule has 0 radical (unpaired) electrons. The zero-order chi connectivity index (χ0) is 21.8. The van der Waals surface area contributed by atoms with E-state index in [0.29, 0.717) is 11.7 Å². The molecular formula is C23H24N4O3S. The molecule has 2 atom stereocenters. The summed E-state index contributed by atoms with van der Waals surface area (Å²) < 4.78 is 12.3. The molecule has 0 unspecified atom stereocenters. The number of ether oxygens (including phenoxy) is 2. The molecule has 3 heterocycles. The molecule has 2 aromatic heterocycles. The minimum absolute atomic E-state index is 0.149. The molecule has 3 aromatic rings. The predicted molar refractivity (Wildman–Crippen MR) is 121 cm³/mol. The second-order valence-corrected chi connectivity index (χ2v) is 7.53. The summed E-state index contributed by atoms with van der Waals surface area (Å²) in [6.45, 7) is 0.445. The quantitative estimate of drug-likeness (QED) is 0.450. The van der Waals surface area contributed by atoms with Crippen molar-refractivity contribution >= 4 is 23.3 Å². The molecule has 0 amide bonds. The van der Waals surface area contributed by atoms with Crippen LogP contribution in [0.1, 0.15) is 29.9 Å². The van der Waals surface area contributed by atoms with E-state index in [2.05, 4.69) is 20.9 Å². The second kappa shape index (κ2) is 9.18. The van der Waals surface area contributed by atoms with Crippen LogP contribution in [0.15, 0.2) is 67.0 Å². The van der Waals surface area contributed by atoms with E-state index in [1.807, 2.05) is 59.6 Å². The molecule has 1 N–H and O–H groups in total. The Morgan fingerprint density at radius 3 is 2.61 bits per heavy atom. The zero-order valence-corrected chi connectivity index (χ0v) is 18.2. The smallest absolute Gasteiger partial charge is 0.307 e. The number of nitrogens with one attached hydrogen (secondary N) is 1. The van der Waals surface area contributed by atoms with Gasteiger partial charge in [-0.3, -0.25) is 9.78 Å². The van der Waals surface area contributed by atoms with Crippen molar-refractivity contribution < 1.29 is 14.3 Å². The Kier molecular flexibility index (Phi) is 6.18. The number of thiocarbonyl (C=S) groups is 1. The minimum atomic E-state index is -0.270. The van der Waals surface area contributed by atoms with Gasteiger partial charge >= 0.3 is 5.97 Å². The Hall–Kier alpha value is -3.39. The lowest BCUT2D eigenvalue weighted by Gasteiger charge is -2.28. The van der Waals surface area contributed by atoms with E-state index in [-0.39, 0.29) is 24.5 Å². The molecule has 1 aliphatic rings. The van der Waals surface area contributed by atoms with Crippen LogP contribution in [0.3, 0.4) is 0 Å². The van der Waals surface area contributed by atoms with Crippen LogP contribution in [-0.4, -0.2) is 46.3 Å². The summed E-state index contributed by atoms with van der Waals surface area (Å²) in [6, 6.07) is 17.5. The molecule has 160 valence electrons. The van der Waals surface area contributed by atoms with Crippen molar-refractivity contribution in [2.75, 3.05) is 20.8 Å². The van der Waals surface area contributed by atoms with E-state index >= 15 is 0 Å². The highest BCUT2D eigenvalue weighted by molar-refractivity contribution is 7.80. The average molecular weight is 437 g/mol. The predicted octanol–water partition coefficient (Wildman–Crippen LogP) is 3.42. The van der Waals surface area contributed by atoms with Crippen molar-refractivity contribution in [1.29, 1.82) is 0 Å². The molecule has 7 nitrogen and oxygen atoms in total. The highest BCUT2D eigenvalue weighted by atomic mass is 32.1. The van der Waals surface area contributed by atoms with Gasteiger partial charge < -0.3 is 24.3 Å². The minimum Gasteiger partial charge on any atom is -0.497 e. The molecule has 1 aromatic carbocycles. The van der Waals surface area contributed by atoms with Gasteiger partial charge in [0, 0.05) is 30.3 Å². The molecule has 31 heavy (non-hydrogen) atoms. The fourth-order valence-electron chi connectivity index (χ4n) is 3.89. The van der Waals surface area contributed by atoms with Gasteiger partial charge in [0.2, 0.25) is 0 Å². The number of carbonyl (C=O) groups is 1. The lowest BCUT2D eigenvalue weighted by molar-refractivity contribution is -0.140. The van der Waals surface area contributed by atoms with Crippen LogP contribution in [0, 0.1) is 0 Å². The van der Waals surface area contributed by atoms with Crippen LogP contribution in [-0.2, 0) is 9.53 Å². The van der Waals surface area contributed by atoms with Crippen LogP contribution >= 0.6 is 12.2 Å². The molecule has 4 rings (SSSR count). The summed E-state index contributed by atoms with van der Waals surface area (Å²) in [6.07, 6.45) is 4.04. The Labute approximate surface area is 186 Å². The first kappa shape index (κ1) is 20.9. The first-order chi connectivity index (χ1) is 15.1. The largest absolute Gasteiger partial charge is 0.497 e. The van der Waals surface area contributed by atoms with Gasteiger partial charge in [0.15, 0.2) is 5.11 Å². The number of esters is 1. The molecule has 0 aliphatic carbocycles. The number of aromatic nitrogens is 2. The van der Waals surface area contributed by atoms with Crippen LogP contribution in [0.25, 0.3) is 5.69 Å². The Bertz CT molecular complexity index is 1050. The zero-order valence-electron chi connectivity index (χ0n) is 17.4. The molecule has 0 bridgehead atoms. The van der Waals surface area contributed by atoms with Gasteiger partial charge in [-0.15, -0.1) is 0 Å². The number of benzene rings is 1. The number of rotatable bonds is 7. The van der Waals surface area contributed by atoms with E-state index in [1.54, 1.807) is 13.3 Å². The third kappa shape index (κ3) is 4.25. The summed E-state index contributed by atoms with van der Waals surface area (Å²) in [5.74, 6) is 0.528. The van der Waals surface area contributed by atoms with Gasteiger partial charge in [0.25, 0.3) is 0 Å². The fourth-order valence-corrected chi connectivity index (χ4v) is 4.23. The molecular weight excluding hydrogens is 412 g/mol. The van der Waals surface area contributed by atoms with E-state index < -0.39 is 0 Å². The molecule has 0 saturated carbocycles. The maximum Gasteiger partial charge on any atom is 0.307 e. The van der Waals surface area contributed by atoms with E-state index in [9.17, 15) is 4.79 Å². The molecule has 8 heteroatoms. The summed E-state index contributed by atoms with van der Waals surface area (Å²) in [4.78, 5) is 18.4. The topological polar surface area (TPSA) is 68.6 Å². The molecule has 1 fully saturated rings. The lowest BCUT2D eigenvalue weighted by Crippen LogP contribution is -2.32. The standard InChI is InChI=1S/C23H24N4O3S/c1-29-17-10-8-16(9-11-17)26-14-5-7-19(26)22-21(18-6-3-4-13-24-18)25-23(31)27(22)15-12-20(28)30-2/h3-11,13-14,21-22H,12,15H2,1-2H3,(H,25,31)/t21-,22+/m0/s1. The third-order valence-corrected chi connectivity index (χ3v) is 5.77. The lowest BCUT2D eigenvalue weighted by atomic mass is 10.0. The van der Waals surface area contributed by atoms with Gasteiger partial charge in [-0.05, 0) is 60.7 Å². The monoisotopic (exact) mass is 436 g/mol. The van der Waals surface area contributed by atoms with Gasteiger partial charge in [-0.1, -0.05) is 6.07 Å². The first-order valence-electron chi connectivity index (χ1n) is 9.99. The fraction of sp³-hybridized carbons (Fsp3) is 0.261. The maximum atomic E-state index is 11.8. The van der Waals surface area contributed by atoms with Gasteiger partial charge in [0.1, 0.15) is 5.75 Å². The van der Waals surface area contributed by atoms with E-state index in [4.69, 9.17) is 21.7 Å². The number of methoxy groups -OCH3 is 2. The number of pyridine rings is 1. The number of carbonyl (C=O) groups excluding carboxylic acids is 1. The number of nitrogens with zero attached hydrogens (tertiary/aromatic N) is 3. The normalized spacial score (nSPS) is 18.0. The number of hydrogen-bond donors (Lipinski definition) is 1. The van der Waals surface area contributed by atoms with Crippen LogP contribution in [0.5, 0.6) is 5.75 Å². The van der Waals surface area contributed by atoms with Crippen LogP contribution in [0.2, 0.25) is 0 Å². The van der Waals surface area contributed by atoms with Crippen molar-refractivity contribution in [1.82, 2.24) is 19.8 Å². The molecule has 1 aliphatic heterocycles. The third-order valence-electron chi connectivity index (χ3n) is 5.42. The Morgan fingerprint density at radius 1 is 1.13 bits per heavy atom. The summed E-state index contributed by atoms with van der Waals surface area (Å²) >= 11 is 5.66. The summed E-state index contributed by atoms with van der Waals surface area (Å²) in [7, 11) is 3.05. The summed E-state index contributed by atoms with van der Waals surface area (Å²) in [5.41, 5.74) is 2.93. The summed E-state index contributed by atoms with van der Waals surface area (Å²) in [5, 5.41) is 4.00. The van der Waals surface area contributed by atoms with Crippen molar-refractivity contribution in [2.24, 2.45) is 0 Å².